The predicted molar refractivity (Wildman–Crippen MR) is 122 cm³/mol. The molecule has 3 N–H and O–H groups in total. The van der Waals surface area contributed by atoms with Crippen LogP contribution in [-0.2, 0) is 14.8 Å². The number of amides is 1. The van der Waals surface area contributed by atoms with Crippen LogP contribution >= 0.6 is 0 Å². The highest BCUT2D eigenvalue weighted by Gasteiger charge is 2.24. The summed E-state index contributed by atoms with van der Waals surface area (Å²) in [5, 5.41) is 6.31. The number of rotatable bonds is 7. The number of para-hydroxylation sites is 1. The highest BCUT2D eigenvalue weighted by Crippen LogP contribution is 2.18. The number of sulfonamides is 1. The number of aliphatic imine (C=N–C) groups is 1. The number of nitrogens with one attached hydrogen (secondary N) is 3. The van der Waals surface area contributed by atoms with Gasteiger partial charge in [-0.1, -0.05) is 24.3 Å². The van der Waals surface area contributed by atoms with Crippen LogP contribution in [0.3, 0.4) is 0 Å². The summed E-state index contributed by atoms with van der Waals surface area (Å²) in [5.74, 6) is 0.324. The van der Waals surface area contributed by atoms with Crippen molar-refractivity contribution in [2.24, 2.45) is 4.99 Å². The van der Waals surface area contributed by atoms with Gasteiger partial charge in [0.05, 0.1) is 11.4 Å². The molecule has 2 aliphatic heterocycles. The Morgan fingerprint density at radius 3 is 2.68 bits per heavy atom. The fourth-order valence-corrected chi connectivity index (χ4v) is 4.98. The van der Waals surface area contributed by atoms with E-state index < -0.39 is 10.0 Å². The van der Waals surface area contributed by atoms with Crippen LogP contribution in [0.15, 0.2) is 64.5 Å². The van der Waals surface area contributed by atoms with Gasteiger partial charge in [-0.2, -0.15) is 0 Å². The van der Waals surface area contributed by atoms with Crippen molar-refractivity contribution in [1.82, 2.24) is 9.62 Å². The van der Waals surface area contributed by atoms with Gasteiger partial charge in [0.2, 0.25) is 5.91 Å². The lowest BCUT2D eigenvalue weighted by Gasteiger charge is -2.17. The minimum absolute atomic E-state index is 0.105. The molecular formula is C22H27N5O3S. The van der Waals surface area contributed by atoms with Crippen LogP contribution in [0.1, 0.15) is 19.3 Å². The maximum atomic E-state index is 12.6. The first-order chi connectivity index (χ1) is 15.0. The summed E-state index contributed by atoms with van der Waals surface area (Å²) in [4.78, 5) is 18.9. The molecule has 1 saturated heterocycles. The highest BCUT2D eigenvalue weighted by atomic mass is 32.2. The molecule has 8 nitrogen and oxygen atoms in total. The number of likely N-dealkylation sites (tertiary alicyclic amines) is 1. The lowest BCUT2D eigenvalue weighted by Crippen LogP contribution is -2.33. The quantitative estimate of drug-likeness (QED) is 0.612. The van der Waals surface area contributed by atoms with Crippen LogP contribution in [0.25, 0.3) is 0 Å². The van der Waals surface area contributed by atoms with Crippen molar-refractivity contribution in [2.75, 3.05) is 36.8 Å². The van der Waals surface area contributed by atoms with Crippen molar-refractivity contribution in [3.05, 3.63) is 54.6 Å². The van der Waals surface area contributed by atoms with Gasteiger partial charge in [0.25, 0.3) is 10.0 Å². The normalized spacial score (nSPS) is 19.1. The Labute approximate surface area is 182 Å². The van der Waals surface area contributed by atoms with E-state index in [1.807, 2.05) is 30.3 Å². The predicted octanol–water partition coefficient (Wildman–Crippen LogP) is 2.28. The SMILES string of the molecule is O=C(CN1CC[C@H](Nc2ccccc2)C1)Nc1cccc(S(=O)(=O)NC2=NCCC2)c1. The second kappa shape index (κ2) is 9.49. The Hall–Kier alpha value is -2.91. The van der Waals surface area contributed by atoms with Gasteiger partial charge in [-0.3, -0.25) is 19.4 Å². The van der Waals surface area contributed by atoms with Crippen LogP contribution in [0, 0.1) is 0 Å². The zero-order chi connectivity index (χ0) is 21.7. The first-order valence-corrected chi connectivity index (χ1v) is 12.0. The molecule has 2 aromatic rings. The molecule has 0 aliphatic carbocycles. The number of carbonyl (C=O) groups excluding carboxylic acids is 1. The first kappa shape index (κ1) is 21.3. The maximum absolute atomic E-state index is 12.6. The van der Waals surface area contributed by atoms with Gasteiger partial charge in [0, 0.05) is 43.5 Å². The summed E-state index contributed by atoms with van der Waals surface area (Å²) in [6.45, 7) is 2.52. The van der Waals surface area contributed by atoms with E-state index in [0.717, 1.165) is 31.6 Å². The summed E-state index contributed by atoms with van der Waals surface area (Å²) in [7, 11) is -3.71. The van der Waals surface area contributed by atoms with E-state index >= 15 is 0 Å². The van der Waals surface area contributed by atoms with E-state index in [1.54, 1.807) is 12.1 Å². The smallest absolute Gasteiger partial charge is 0.262 e. The Balaban J connectivity index is 1.30. The summed E-state index contributed by atoms with van der Waals surface area (Å²) in [6, 6.07) is 16.6. The monoisotopic (exact) mass is 441 g/mol. The number of amidine groups is 1. The van der Waals surface area contributed by atoms with Gasteiger partial charge < -0.3 is 10.6 Å². The van der Waals surface area contributed by atoms with E-state index in [9.17, 15) is 13.2 Å². The largest absolute Gasteiger partial charge is 0.381 e. The molecule has 0 radical (unpaired) electrons. The zero-order valence-corrected chi connectivity index (χ0v) is 18.1. The van der Waals surface area contributed by atoms with Crippen LogP contribution in [0.2, 0.25) is 0 Å². The molecule has 1 atom stereocenters. The van der Waals surface area contributed by atoms with Crippen molar-refractivity contribution < 1.29 is 13.2 Å². The Morgan fingerprint density at radius 1 is 1.10 bits per heavy atom. The van der Waals surface area contributed by atoms with E-state index in [0.29, 0.717) is 30.5 Å². The number of hydrogen-bond acceptors (Lipinski definition) is 6. The molecule has 0 aromatic heterocycles. The maximum Gasteiger partial charge on any atom is 0.262 e. The molecule has 0 bridgehead atoms. The van der Waals surface area contributed by atoms with Gasteiger partial charge in [-0.25, -0.2) is 8.42 Å². The van der Waals surface area contributed by atoms with Crippen LogP contribution in [-0.4, -0.2) is 57.3 Å². The highest BCUT2D eigenvalue weighted by molar-refractivity contribution is 7.90. The lowest BCUT2D eigenvalue weighted by atomic mass is 10.2. The molecule has 2 aliphatic rings. The van der Waals surface area contributed by atoms with Crippen molar-refractivity contribution in [1.29, 1.82) is 0 Å². The van der Waals surface area contributed by atoms with Gasteiger partial charge in [0.1, 0.15) is 5.84 Å². The molecule has 4 rings (SSSR count). The molecule has 2 heterocycles. The summed E-state index contributed by atoms with van der Waals surface area (Å²) in [6.07, 6.45) is 2.45. The molecule has 1 fully saturated rings. The molecular weight excluding hydrogens is 414 g/mol. The number of benzene rings is 2. The van der Waals surface area contributed by atoms with Gasteiger partial charge in [0.15, 0.2) is 0 Å². The van der Waals surface area contributed by atoms with Gasteiger partial charge >= 0.3 is 0 Å². The van der Waals surface area contributed by atoms with Crippen molar-refractivity contribution in [2.45, 2.75) is 30.2 Å². The summed E-state index contributed by atoms with van der Waals surface area (Å²) < 4.78 is 27.7. The number of hydrogen-bond donors (Lipinski definition) is 3. The average molecular weight is 442 g/mol. The average Bonchev–Trinajstić information content (AvgIpc) is 3.41. The fourth-order valence-electron chi connectivity index (χ4n) is 3.85. The standard InChI is InChI=1S/C22H27N5O3S/c28-22(16-27-13-11-19(15-27)24-17-6-2-1-3-7-17)25-18-8-4-9-20(14-18)31(29,30)26-21-10-5-12-23-21/h1-4,6-9,14,19,24H,5,10-13,15-16H2,(H,23,26)(H,25,28)/t19-/m0/s1. The minimum atomic E-state index is -3.71. The van der Waals surface area contributed by atoms with Crippen molar-refractivity contribution in [3.8, 4) is 0 Å². The lowest BCUT2D eigenvalue weighted by molar-refractivity contribution is -0.117. The summed E-state index contributed by atoms with van der Waals surface area (Å²) >= 11 is 0. The molecule has 0 unspecified atom stereocenters. The fraction of sp³-hybridized carbons (Fsp3) is 0.364. The number of carbonyl (C=O) groups is 1. The molecule has 0 saturated carbocycles. The molecule has 164 valence electrons. The van der Waals surface area contributed by atoms with Gasteiger partial charge in [-0.15, -0.1) is 0 Å². The second-order valence-electron chi connectivity index (χ2n) is 7.84. The van der Waals surface area contributed by atoms with E-state index in [2.05, 4.69) is 25.2 Å². The van der Waals surface area contributed by atoms with Crippen molar-refractivity contribution >= 4 is 33.1 Å². The first-order valence-electron chi connectivity index (χ1n) is 10.5. The molecule has 1 amide bonds. The van der Waals surface area contributed by atoms with Gasteiger partial charge in [-0.05, 0) is 43.2 Å². The topological polar surface area (TPSA) is 103 Å². The Kier molecular flexibility index (Phi) is 6.53. The zero-order valence-electron chi connectivity index (χ0n) is 17.3. The van der Waals surface area contributed by atoms with Crippen LogP contribution < -0.4 is 15.4 Å². The molecule has 31 heavy (non-hydrogen) atoms. The van der Waals surface area contributed by atoms with E-state index in [4.69, 9.17) is 0 Å². The third-order valence-corrected chi connectivity index (χ3v) is 6.72. The van der Waals surface area contributed by atoms with Crippen LogP contribution in [0.5, 0.6) is 0 Å². The Bertz CT molecular complexity index is 1060. The number of nitrogens with zero attached hydrogens (tertiary/aromatic N) is 2. The molecule has 0 spiro atoms. The third kappa shape index (κ3) is 5.83. The number of anilines is 2. The van der Waals surface area contributed by atoms with E-state index in [1.165, 1.54) is 12.1 Å². The minimum Gasteiger partial charge on any atom is -0.381 e. The van der Waals surface area contributed by atoms with E-state index in [-0.39, 0.29) is 17.3 Å². The summed E-state index contributed by atoms with van der Waals surface area (Å²) in [5.41, 5.74) is 1.54. The Morgan fingerprint density at radius 2 is 1.90 bits per heavy atom. The van der Waals surface area contributed by atoms with Crippen molar-refractivity contribution in [3.63, 3.8) is 0 Å². The second-order valence-corrected chi connectivity index (χ2v) is 9.53. The molecule has 2 aromatic carbocycles. The van der Waals surface area contributed by atoms with Crippen LogP contribution in [0.4, 0.5) is 11.4 Å². The third-order valence-electron chi connectivity index (χ3n) is 5.34. The molecule has 9 heteroatoms.